The van der Waals surface area contributed by atoms with Crippen LogP contribution in [0.1, 0.15) is 141 Å². The molecule has 3 heterocycles. The largest absolute Gasteiger partial charge is 0.519 e. The lowest BCUT2D eigenvalue weighted by Gasteiger charge is -2.26. The summed E-state index contributed by atoms with van der Waals surface area (Å²) < 4.78 is 36.5. The van der Waals surface area contributed by atoms with Crippen LogP contribution in [0.2, 0.25) is 0 Å². The van der Waals surface area contributed by atoms with E-state index < -0.39 is 34.7 Å². The second-order valence-corrected chi connectivity index (χ2v) is 38.0. The normalized spacial score (nSPS) is 11.9. The summed E-state index contributed by atoms with van der Waals surface area (Å²) in [5, 5.41) is 12.4. The fourth-order valence-electron chi connectivity index (χ4n) is 14.9. The second kappa shape index (κ2) is 44.9. The quantitative estimate of drug-likeness (QED) is 0.0636. The number of nitrogens with zero attached hydrogens (tertiary/aromatic N) is 5. The Bertz CT molecular complexity index is 6580. The summed E-state index contributed by atoms with van der Waals surface area (Å²) in [6, 6.07) is 119. The maximum absolute atomic E-state index is 13.1. The summed E-state index contributed by atoms with van der Waals surface area (Å²) in [5.74, 6) is 0.104. The van der Waals surface area contributed by atoms with Crippen LogP contribution in [0.4, 0.5) is 53.3 Å². The van der Waals surface area contributed by atoms with E-state index in [1.807, 2.05) is 181 Å². The van der Waals surface area contributed by atoms with Crippen LogP contribution in [-0.4, -0.2) is 75.0 Å². The van der Waals surface area contributed by atoms with Crippen molar-refractivity contribution in [1.29, 1.82) is 5.26 Å². The number of ketones is 1. The first kappa shape index (κ1) is 97.6. The highest BCUT2D eigenvalue weighted by atomic mass is 79.9. The van der Waals surface area contributed by atoms with Crippen LogP contribution in [-0.2, 0) is 41.3 Å². The molecular weight excluding hydrogens is 1840 g/mol. The van der Waals surface area contributed by atoms with Gasteiger partial charge in [0.25, 0.3) is 0 Å². The van der Waals surface area contributed by atoms with Gasteiger partial charge in [-0.1, -0.05) is 248 Å². The standard InChI is InChI=1S/C29H26N2O2.C25H19N.C17H16BrNO2.C13H9Br.C10H18O5.C8H7BrO.C7H5N.C4H8O/c1-29(2,3)33-28(32)31-26-17-11-10-16-24(26)25-20-23(18-19-27(25)31)30(21-12-6-4-7-13-21)22-14-8-5-9-15-22;1-3-10-21(11-4-1)26(22-12-5-2-6-13-22)23-16-15-20-17-19-9-7-8-14-24(19)25(20)18-23;1-17(2,3)21-16(20)19-14-7-5-4-6-12(14)13-10-11(18)8-9-15(13)19;14-11-6-5-10-7-9-3-1-2-4-12(9)13(10)8-11;1-9(2,3)14-7(11)13-8(12)15-10(4,5)6;1-6(10)7-2-4-8(9)5-3-7;8-6-7-4-2-1-3-5-7;1-2-4-5-3-1/h4-20H,1-3H3;1-16,18H,17H2;4-10H,1-3H3;1-6,8H,7H2;1-6H3;2-5H,1H3;1-5H;1-4H2. The Morgan fingerprint density at radius 2 is 0.652 bits per heavy atom. The van der Waals surface area contributed by atoms with Crippen LogP contribution >= 0.6 is 47.8 Å². The van der Waals surface area contributed by atoms with Crippen LogP contribution in [0.3, 0.4) is 0 Å². The summed E-state index contributed by atoms with van der Waals surface area (Å²) in [6.07, 6.45) is 1.83. The van der Waals surface area contributed by atoms with E-state index in [-0.39, 0.29) is 18.0 Å². The molecule has 672 valence electrons. The molecule has 1 aliphatic heterocycles. The summed E-state index contributed by atoms with van der Waals surface area (Å²) in [6.45, 7) is 24.8. The molecule has 19 rings (SSSR count). The third-order valence-electron chi connectivity index (χ3n) is 20.5. The number of para-hydroxylation sites is 6. The van der Waals surface area contributed by atoms with E-state index in [9.17, 15) is 24.0 Å². The molecule has 16 aromatic rings. The Hall–Kier alpha value is -13.5. The average molecular weight is 1950 g/mol. The zero-order valence-corrected chi connectivity index (χ0v) is 81.3. The lowest BCUT2D eigenvalue weighted by Crippen LogP contribution is -2.29. The summed E-state index contributed by atoms with van der Waals surface area (Å²) in [7, 11) is 0. The molecule has 19 heteroatoms. The molecule has 2 aromatic heterocycles. The predicted molar refractivity (Wildman–Crippen MR) is 545 cm³/mol. The number of hydrogen-bond donors (Lipinski definition) is 0. The van der Waals surface area contributed by atoms with Crippen molar-refractivity contribution < 1.29 is 52.4 Å². The minimum atomic E-state index is -1.06. The van der Waals surface area contributed by atoms with Gasteiger partial charge in [-0.2, -0.15) is 5.26 Å². The van der Waals surface area contributed by atoms with E-state index in [0.717, 1.165) is 106 Å². The number of aromatic nitrogens is 2. The number of hydrogen-bond acceptors (Lipinski definition) is 14. The minimum Gasteiger partial charge on any atom is -0.443 e. The number of carbonyl (C=O) groups excluding carboxylic acids is 5. The van der Waals surface area contributed by atoms with E-state index in [1.54, 1.807) is 81.9 Å². The van der Waals surface area contributed by atoms with Crippen molar-refractivity contribution in [3.63, 3.8) is 0 Å². The Balaban J connectivity index is 0.000000144. The van der Waals surface area contributed by atoms with Crippen LogP contribution in [0.25, 0.3) is 65.9 Å². The van der Waals surface area contributed by atoms with Gasteiger partial charge in [0.05, 0.1) is 33.7 Å². The van der Waals surface area contributed by atoms with Gasteiger partial charge in [-0.15, -0.1) is 0 Å². The van der Waals surface area contributed by atoms with Gasteiger partial charge >= 0.3 is 24.5 Å². The highest BCUT2D eigenvalue weighted by Crippen LogP contribution is 2.44. The molecule has 0 unspecified atom stereocenters. The molecule has 1 saturated heterocycles. The van der Waals surface area contributed by atoms with Gasteiger partial charge < -0.3 is 38.2 Å². The average Bonchev–Trinajstić information content (AvgIpc) is 1.60. The summed E-state index contributed by atoms with van der Waals surface area (Å²) in [4.78, 5) is 63.0. The SMILES string of the molecule is Brc1ccc2c(c1)-c1ccccc1C2.C1CCOC1.CC(=O)c1ccc(Br)cc1.CC(C)(C)OC(=O)OC(=O)OC(C)(C)C.CC(C)(C)OC(=O)n1c2ccccc2c2cc(Br)ccc21.CC(C)(C)OC(=O)n1c2ccccc2c2cc(N(c3ccccc3)c3ccccc3)ccc21.N#Cc1ccccc1.c1ccc(N(c2ccccc2)c2ccc3c(c2)-c2ccccc2C3)cc1. The molecule has 14 aromatic carbocycles. The molecule has 0 saturated carbocycles. The summed E-state index contributed by atoms with van der Waals surface area (Å²) >= 11 is 10.3. The zero-order chi connectivity index (χ0) is 94.3. The second-order valence-electron chi connectivity index (χ2n) is 35.2. The Labute approximate surface area is 798 Å². The molecule has 3 aliphatic rings. The van der Waals surface area contributed by atoms with E-state index in [1.165, 1.54) is 74.4 Å². The molecule has 0 N–H and O–H groups in total. The van der Waals surface area contributed by atoms with Crippen molar-refractivity contribution >= 4 is 156 Å². The number of benzene rings is 14. The number of Topliss-reactive ketones (excluding diaryl/α,β-unsaturated/α-hetero) is 1. The molecule has 1 fully saturated rings. The van der Waals surface area contributed by atoms with Gasteiger partial charge in [0.2, 0.25) is 0 Å². The summed E-state index contributed by atoms with van der Waals surface area (Å²) in [5.41, 5.74) is 20.3. The first-order chi connectivity index (χ1) is 63.2. The van der Waals surface area contributed by atoms with Gasteiger partial charge in [0, 0.05) is 87.9 Å². The van der Waals surface area contributed by atoms with E-state index in [0.29, 0.717) is 5.56 Å². The van der Waals surface area contributed by atoms with E-state index >= 15 is 0 Å². The number of fused-ring (bicyclic) bond motifs is 12. The number of halogens is 3. The predicted octanol–water partition coefficient (Wildman–Crippen LogP) is 32.0. The van der Waals surface area contributed by atoms with Crippen molar-refractivity contribution in [2.75, 3.05) is 23.0 Å². The van der Waals surface area contributed by atoms with Gasteiger partial charge in [0.1, 0.15) is 22.4 Å². The lowest BCUT2D eigenvalue weighted by molar-refractivity contribution is -0.0295. The van der Waals surface area contributed by atoms with Crippen LogP contribution in [0.15, 0.2) is 359 Å². The highest BCUT2D eigenvalue weighted by Gasteiger charge is 2.29. The third kappa shape index (κ3) is 27.1. The number of nitriles is 1. The Morgan fingerprint density at radius 1 is 0.326 bits per heavy atom. The molecule has 132 heavy (non-hydrogen) atoms. The van der Waals surface area contributed by atoms with Gasteiger partial charge in [-0.05, 0) is 306 Å². The lowest BCUT2D eigenvalue weighted by atomic mass is 10.0. The molecular formula is C113H108Br3N5O11. The topological polar surface area (TPSA) is 181 Å². The van der Waals surface area contributed by atoms with Crippen molar-refractivity contribution in [3.05, 3.63) is 393 Å². The van der Waals surface area contributed by atoms with Crippen molar-refractivity contribution in [2.24, 2.45) is 0 Å². The molecule has 16 nitrogen and oxygen atoms in total. The van der Waals surface area contributed by atoms with Gasteiger partial charge in [0.15, 0.2) is 5.78 Å². The Kier molecular flexibility index (Phi) is 33.2. The van der Waals surface area contributed by atoms with Gasteiger partial charge in [-0.25, -0.2) is 28.3 Å². The maximum Gasteiger partial charge on any atom is 0.519 e. The van der Waals surface area contributed by atoms with Crippen LogP contribution in [0, 0.1) is 11.3 Å². The van der Waals surface area contributed by atoms with Crippen LogP contribution < -0.4 is 9.80 Å². The van der Waals surface area contributed by atoms with E-state index in [4.69, 9.17) is 28.9 Å². The smallest absolute Gasteiger partial charge is 0.443 e. The number of ether oxygens (including phenoxy) is 6. The number of rotatable bonds is 7. The zero-order valence-electron chi connectivity index (χ0n) is 76.5. The van der Waals surface area contributed by atoms with Crippen molar-refractivity contribution in [3.8, 4) is 28.3 Å². The number of anilines is 6. The van der Waals surface area contributed by atoms with E-state index in [2.05, 4.69) is 250 Å². The first-order valence-corrected chi connectivity index (χ1v) is 46.0. The molecule has 2 aliphatic carbocycles. The monoisotopic (exact) mass is 1950 g/mol. The fourth-order valence-corrected chi connectivity index (χ4v) is 15.9. The third-order valence-corrected chi connectivity index (χ3v) is 22.0. The number of carbonyl (C=O) groups is 5. The first-order valence-electron chi connectivity index (χ1n) is 43.7. The maximum atomic E-state index is 13.1. The van der Waals surface area contributed by atoms with Crippen molar-refractivity contribution in [2.45, 2.75) is 138 Å². The van der Waals surface area contributed by atoms with Crippen molar-refractivity contribution in [1.82, 2.24) is 9.13 Å². The van der Waals surface area contributed by atoms with Gasteiger partial charge in [-0.3, -0.25) is 4.79 Å². The molecule has 0 bridgehead atoms. The Morgan fingerprint density at radius 3 is 1.05 bits per heavy atom. The molecule has 0 radical (unpaired) electrons. The molecule has 0 spiro atoms. The molecule has 0 atom stereocenters. The molecule has 0 amide bonds. The van der Waals surface area contributed by atoms with Crippen LogP contribution in [0.5, 0.6) is 0 Å². The highest BCUT2D eigenvalue weighted by molar-refractivity contribution is 9.11. The fraction of sp³-hybridized carbons (Fsp3) is 0.204. The minimum absolute atomic E-state index is 0.104.